The third kappa shape index (κ3) is 5.94. The quantitative estimate of drug-likeness (QED) is 0.109. The molecule has 0 N–H and O–H groups in total. The van der Waals surface area contributed by atoms with E-state index in [2.05, 4.69) is 60.7 Å². The van der Waals surface area contributed by atoms with Gasteiger partial charge in [-0.1, -0.05) is 146 Å². The number of allylic oxidation sites excluding steroid dienone is 1. The van der Waals surface area contributed by atoms with Gasteiger partial charge in [0, 0.05) is 0 Å². The predicted molar refractivity (Wildman–Crippen MR) is 179 cm³/mol. The molecule has 0 heterocycles. The van der Waals surface area contributed by atoms with Gasteiger partial charge in [-0.15, -0.1) is 0 Å². The zero-order valence-corrected chi connectivity index (χ0v) is 24.9. The van der Waals surface area contributed by atoms with Crippen molar-refractivity contribution in [1.82, 2.24) is 0 Å². The molecule has 0 amide bonds. The lowest BCUT2D eigenvalue weighted by Gasteiger charge is -2.42. The van der Waals surface area contributed by atoms with Gasteiger partial charge in [0.2, 0.25) is 0 Å². The fourth-order valence-corrected chi connectivity index (χ4v) is 12.7. The van der Waals surface area contributed by atoms with E-state index in [-0.39, 0.29) is 5.57 Å². The molecule has 0 aliphatic rings. The molecule has 0 saturated heterocycles. The molecule has 0 aliphatic carbocycles. The molecule has 6 heteroatoms. The molecule has 0 atom stereocenters. The first-order valence-corrected chi connectivity index (χ1v) is 16.4. The van der Waals surface area contributed by atoms with Crippen molar-refractivity contribution < 1.29 is 0 Å². The molecule has 5 aromatic carbocycles. The Labute approximate surface area is 254 Å². The van der Waals surface area contributed by atoms with Gasteiger partial charge >= 0.3 is 0 Å². The zero-order chi connectivity index (χ0) is 30.1. The van der Waals surface area contributed by atoms with Crippen molar-refractivity contribution in [3.05, 3.63) is 162 Å². The molecular formula is C37H25N4P2-. The lowest BCUT2D eigenvalue weighted by molar-refractivity contribution is 0.766. The molecule has 0 saturated carbocycles. The Balaban J connectivity index is 1.88. The average molecular weight is 588 g/mol. The number of nitriles is 3. The van der Waals surface area contributed by atoms with Crippen LogP contribution in [0.3, 0.4) is 0 Å². The maximum atomic E-state index is 11.2. The third-order valence-corrected chi connectivity index (χ3v) is 13.8. The summed E-state index contributed by atoms with van der Waals surface area (Å²) in [5, 5.41) is 45.1. The normalized spacial score (nSPS) is 10.9. The van der Waals surface area contributed by atoms with E-state index >= 15 is 0 Å². The molecule has 0 spiro atoms. The molecule has 5 rings (SSSR count). The number of nitrogens with zero attached hydrogens (tertiary/aromatic N) is 4. The number of rotatable bonds is 9. The fraction of sp³-hybridized carbons (Fsp3) is 0.0541. The molecule has 0 aromatic heterocycles. The Bertz CT molecular complexity index is 1670. The summed E-state index contributed by atoms with van der Waals surface area (Å²) in [6, 6.07) is 54.5. The van der Waals surface area contributed by atoms with Gasteiger partial charge < -0.3 is 5.41 Å². The summed E-state index contributed by atoms with van der Waals surface area (Å²) in [7, 11) is -2.55. The molecule has 5 aromatic rings. The van der Waals surface area contributed by atoms with Crippen molar-refractivity contribution in [2.75, 3.05) is 0 Å². The lowest BCUT2D eigenvalue weighted by Crippen LogP contribution is -2.42. The van der Waals surface area contributed by atoms with E-state index in [9.17, 15) is 21.2 Å². The Morgan fingerprint density at radius 3 is 1.16 bits per heavy atom. The minimum atomic E-state index is -1.58. The van der Waals surface area contributed by atoms with E-state index in [0.29, 0.717) is 11.1 Å². The Kier molecular flexibility index (Phi) is 9.36. The summed E-state index contributed by atoms with van der Waals surface area (Å²) in [5.74, 6) is 1.93. The van der Waals surface area contributed by atoms with Crippen LogP contribution in [-0.4, -0.2) is 11.3 Å². The highest BCUT2D eigenvalue weighted by Gasteiger charge is 2.51. The molecule has 43 heavy (non-hydrogen) atoms. The minimum absolute atomic E-state index is 0.0192. The molecular weight excluding hydrogens is 562 g/mol. The third-order valence-electron chi connectivity index (χ3n) is 7.22. The molecule has 0 aliphatic heterocycles. The summed E-state index contributed by atoms with van der Waals surface area (Å²) >= 11 is 0. The van der Waals surface area contributed by atoms with E-state index in [1.807, 2.05) is 84.7 Å². The summed E-state index contributed by atoms with van der Waals surface area (Å²) in [5.41, 5.74) is -0.599. The van der Waals surface area contributed by atoms with Crippen LogP contribution in [0.15, 0.2) is 146 Å². The van der Waals surface area contributed by atoms with Crippen molar-refractivity contribution >= 4 is 48.5 Å². The second-order valence-electron chi connectivity index (χ2n) is 9.66. The maximum absolute atomic E-state index is 11.2. The maximum Gasteiger partial charge on any atom is 0.180 e. The summed E-state index contributed by atoms with van der Waals surface area (Å²) in [6.07, 6.45) is 0. The minimum Gasteiger partial charge on any atom is -0.762 e. The van der Waals surface area contributed by atoms with Crippen LogP contribution in [0.2, 0.25) is 0 Å². The van der Waals surface area contributed by atoms with Gasteiger partial charge in [-0.2, -0.15) is 15.8 Å². The van der Waals surface area contributed by atoms with Crippen LogP contribution in [0.5, 0.6) is 0 Å². The first kappa shape index (κ1) is 29.4. The molecule has 4 nitrogen and oxygen atoms in total. The van der Waals surface area contributed by atoms with Gasteiger partial charge in [0.1, 0.15) is 6.07 Å². The van der Waals surface area contributed by atoms with Crippen LogP contribution in [-0.2, 0) is 5.41 Å². The zero-order valence-electron chi connectivity index (χ0n) is 23.1. The first-order chi connectivity index (χ1) is 21.2. The first-order valence-electron chi connectivity index (χ1n) is 13.6. The van der Waals surface area contributed by atoms with Crippen LogP contribution < -0.4 is 21.2 Å². The molecule has 0 unspecified atom stereocenters. The van der Waals surface area contributed by atoms with Crippen molar-refractivity contribution in [2.24, 2.45) is 0 Å². The van der Waals surface area contributed by atoms with Gasteiger partial charge in [0.15, 0.2) is 5.41 Å². The van der Waals surface area contributed by atoms with E-state index in [4.69, 9.17) is 0 Å². The van der Waals surface area contributed by atoms with Gasteiger partial charge in [0.05, 0.1) is 23.1 Å². The second kappa shape index (κ2) is 13.7. The summed E-state index contributed by atoms with van der Waals surface area (Å²) in [6.45, 7) is 0. The molecule has 0 fully saturated rings. The van der Waals surface area contributed by atoms with Gasteiger partial charge in [-0.25, -0.2) is 5.87 Å². The van der Waals surface area contributed by atoms with Crippen molar-refractivity contribution in [2.45, 2.75) is 10.8 Å². The number of benzene rings is 5. The highest BCUT2D eigenvalue weighted by molar-refractivity contribution is 7.89. The van der Waals surface area contributed by atoms with E-state index < -0.39 is 26.7 Å². The predicted octanol–water partition coefficient (Wildman–Crippen LogP) is 6.71. The Hall–Kier alpha value is -5.12. The Morgan fingerprint density at radius 1 is 0.535 bits per heavy atom. The fourth-order valence-electron chi connectivity index (χ4n) is 5.19. The van der Waals surface area contributed by atoms with E-state index in [0.717, 1.165) is 21.2 Å². The monoisotopic (exact) mass is 587 g/mol. The lowest BCUT2D eigenvalue weighted by atomic mass is 9.84. The average Bonchev–Trinajstić information content (AvgIpc) is 3.09. The van der Waals surface area contributed by atoms with Crippen molar-refractivity contribution in [3.8, 4) is 18.2 Å². The topological polar surface area (TPSA) is 93.7 Å². The summed E-state index contributed by atoms with van der Waals surface area (Å²) < 4.78 is 0. The second-order valence-corrected chi connectivity index (χ2v) is 14.6. The van der Waals surface area contributed by atoms with Crippen molar-refractivity contribution in [3.63, 3.8) is 0 Å². The highest BCUT2D eigenvalue weighted by atomic mass is 31.2. The van der Waals surface area contributed by atoms with Crippen LogP contribution in [0.1, 0.15) is 11.1 Å². The van der Waals surface area contributed by atoms with Crippen LogP contribution in [0, 0.1) is 34.0 Å². The largest absolute Gasteiger partial charge is 0.762 e. The Morgan fingerprint density at radius 2 is 0.884 bits per heavy atom. The smallest absolute Gasteiger partial charge is 0.180 e. The van der Waals surface area contributed by atoms with Crippen LogP contribution in [0.25, 0.3) is 11.0 Å². The van der Waals surface area contributed by atoms with E-state index in [1.165, 1.54) is 0 Å². The van der Waals surface area contributed by atoms with Crippen molar-refractivity contribution in [1.29, 1.82) is 15.8 Å². The van der Waals surface area contributed by atoms with E-state index in [1.54, 1.807) is 24.3 Å². The standard InChI is InChI=1S/C37H25N4P2/c38-25-30(26-39)29-21-23-31(24-22-29)37(27-40,28-41)36(42(32-13-5-1-6-14-32)33-15-7-2-8-16-33)43(34-17-9-3-10-18-34)35-19-11-4-12-20-35/h1-24,36H/q-1. The molecule has 204 valence electrons. The number of hydrogen-bond donors (Lipinski definition) is 0. The van der Waals surface area contributed by atoms with Crippen LogP contribution >= 0.6 is 15.8 Å². The molecule has 0 radical (unpaired) electrons. The van der Waals surface area contributed by atoms with Crippen LogP contribution in [0.4, 0.5) is 0 Å². The van der Waals surface area contributed by atoms with Gasteiger partial charge in [0.25, 0.3) is 0 Å². The summed E-state index contributed by atoms with van der Waals surface area (Å²) in [4.78, 5) is 0. The number of hydrogen-bond acceptors (Lipinski definition) is 3. The SMILES string of the molecule is N#CC(=C=[N-])c1ccc(C(C#N)(C#N)C(P(c2ccccc2)c2ccccc2)P(c2ccccc2)c2ccccc2)cc1. The van der Waals surface area contributed by atoms with Gasteiger partial charge in [-0.05, 0) is 48.2 Å². The highest BCUT2D eigenvalue weighted by Crippen LogP contribution is 2.63. The van der Waals surface area contributed by atoms with Gasteiger partial charge in [-0.3, -0.25) is 0 Å². The molecule has 0 bridgehead atoms.